The lowest BCUT2D eigenvalue weighted by atomic mass is 9.98. The molecule has 35 heavy (non-hydrogen) atoms. The summed E-state index contributed by atoms with van der Waals surface area (Å²) < 4.78 is 10.7. The molecule has 0 saturated carbocycles. The fourth-order valence-corrected chi connectivity index (χ4v) is 4.18. The van der Waals surface area contributed by atoms with Crippen molar-refractivity contribution < 1.29 is 29.0 Å². The van der Waals surface area contributed by atoms with E-state index in [0.717, 1.165) is 22.3 Å². The molecule has 3 aromatic rings. The van der Waals surface area contributed by atoms with Crippen LogP contribution in [0.2, 0.25) is 0 Å². The van der Waals surface area contributed by atoms with Crippen LogP contribution in [0.5, 0.6) is 0 Å². The Balaban J connectivity index is 1.18. The van der Waals surface area contributed by atoms with Crippen LogP contribution in [0.25, 0.3) is 11.1 Å². The molecule has 0 radical (unpaired) electrons. The molecule has 0 unspecified atom stereocenters. The Morgan fingerprint density at radius 2 is 1.46 bits per heavy atom. The minimum Gasteiger partial charge on any atom is -0.479 e. The third-order valence-corrected chi connectivity index (χ3v) is 5.78. The highest BCUT2D eigenvalue weighted by Gasteiger charge is 2.29. The zero-order chi connectivity index (χ0) is 24.6. The van der Waals surface area contributed by atoms with Gasteiger partial charge in [-0.05, 0) is 27.8 Å². The van der Waals surface area contributed by atoms with Gasteiger partial charge in [0.15, 0.2) is 6.04 Å². The first-order valence-corrected chi connectivity index (χ1v) is 11.3. The van der Waals surface area contributed by atoms with Gasteiger partial charge in [0.05, 0.1) is 6.61 Å². The first kappa shape index (κ1) is 24.0. The molecule has 0 spiro atoms. The zero-order valence-electron chi connectivity index (χ0n) is 19.0. The predicted molar refractivity (Wildman–Crippen MR) is 129 cm³/mol. The zero-order valence-corrected chi connectivity index (χ0v) is 19.0. The summed E-state index contributed by atoms with van der Waals surface area (Å²) in [6.45, 7) is 0.0911. The molecule has 3 N–H and O–H groups in total. The highest BCUT2D eigenvalue weighted by molar-refractivity contribution is 5.85. The lowest BCUT2D eigenvalue weighted by Gasteiger charge is -2.15. The number of alkyl carbamates (subject to hydrolysis) is 1. The van der Waals surface area contributed by atoms with Crippen LogP contribution in [0.1, 0.15) is 28.7 Å². The van der Waals surface area contributed by atoms with Gasteiger partial charge in [0, 0.05) is 12.5 Å². The maximum absolute atomic E-state index is 12.2. The Morgan fingerprint density at radius 1 is 0.857 bits per heavy atom. The van der Waals surface area contributed by atoms with E-state index in [1.54, 1.807) is 30.3 Å². The van der Waals surface area contributed by atoms with Crippen LogP contribution in [-0.4, -0.2) is 49.4 Å². The summed E-state index contributed by atoms with van der Waals surface area (Å²) in [7, 11) is 0. The SMILES string of the molecule is O=C(COCCNC(=O)OCC1c2ccccc2-c2ccccc21)N[C@H](C(=O)O)c1ccccc1. The summed E-state index contributed by atoms with van der Waals surface area (Å²) in [6, 6.07) is 23.4. The van der Waals surface area contributed by atoms with Gasteiger partial charge in [0.2, 0.25) is 5.91 Å². The van der Waals surface area contributed by atoms with Gasteiger partial charge >= 0.3 is 12.1 Å². The number of carbonyl (C=O) groups excluding carboxylic acids is 2. The van der Waals surface area contributed by atoms with E-state index in [9.17, 15) is 19.5 Å². The summed E-state index contributed by atoms with van der Waals surface area (Å²) in [5.41, 5.74) is 5.03. The molecule has 0 heterocycles. The van der Waals surface area contributed by atoms with E-state index in [2.05, 4.69) is 22.8 Å². The molecule has 0 saturated heterocycles. The molecule has 0 fully saturated rings. The summed E-state index contributed by atoms with van der Waals surface area (Å²) >= 11 is 0. The normalized spacial score (nSPS) is 12.8. The molecule has 0 bridgehead atoms. The fourth-order valence-electron chi connectivity index (χ4n) is 4.18. The smallest absolute Gasteiger partial charge is 0.407 e. The average molecular weight is 475 g/mol. The van der Waals surface area contributed by atoms with E-state index < -0.39 is 24.0 Å². The minimum absolute atomic E-state index is 0.0279. The van der Waals surface area contributed by atoms with Crippen LogP contribution in [0.3, 0.4) is 0 Å². The largest absolute Gasteiger partial charge is 0.479 e. The summed E-state index contributed by atoms with van der Waals surface area (Å²) in [5.74, 6) is -1.76. The second-order valence-corrected chi connectivity index (χ2v) is 8.05. The Kier molecular flexibility index (Phi) is 7.74. The molecule has 180 valence electrons. The molecule has 1 aliphatic rings. The molecule has 3 aromatic carbocycles. The van der Waals surface area contributed by atoms with Gasteiger partial charge < -0.3 is 25.2 Å². The number of hydrogen-bond donors (Lipinski definition) is 3. The second-order valence-electron chi connectivity index (χ2n) is 8.05. The molecule has 8 heteroatoms. The molecular weight excluding hydrogens is 448 g/mol. The number of amides is 2. The fraction of sp³-hybridized carbons (Fsp3) is 0.222. The molecule has 8 nitrogen and oxygen atoms in total. The van der Waals surface area contributed by atoms with E-state index in [4.69, 9.17) is 9.47 Å². The Hall–Kier alpha value is -4.17. The number of ether oxygens (including phenoxy) is 2. The predicted octanol–water partition coefficient (Wildman–Crippen LogP) is 3.48. The van der Waals surface area contributed by atoms with Crippen molar-refractivity contribution in [2.45, 2.75) is 12.0 Å². The van der Waals surface area contributed by atoms with Crippen molar-refractivity contribution >= 4 is 18.0 Å². The lowest BCUT2D eigenvalue weighted by Crippen LogP contribution is -2.36. The van der Waals surface area contributed by atoms with Crippen LogP contribution in [0, 0.1) is 0 Å². The monoisotopic (exact) mass is 474 g/mol. The van der Waals surface area contributed by atoms with Gasteiger partial charge in [0.25, 0.3) is 0 Å². The number of carboxylic acids is 1. The number of carboxylic acid groups (broad SMARTS) is 1. The van der Waals surface area contributed by atoms with Crippen molar-refractivity contribution in [3.63, 3.8) is 0 Å². The minimum atomic E-state index is -1.17. The van der Waals surface area contributed by atoms with Gasteiger partial charge in [0.1, 0.15) is 13.2 Å². The maximum Gasteiger partial charge on any atom is 0.407 e. The van der Waals surface area contributed by atoms with Gasteiger partial charge in [-0.1, -0.05) is 78.9 Å². The van der Waals surface area contributed by atoms with Crippen LogP contribution < -0.4 is 10.6 Å². The lowest BCUT2D eigenvalue weighted by molar-refractivity contribution is -0.142. The van der Waals surface area contributed by atoms with E-state index in [1.807, 2.05) is 36.4 Å². The van der Waals surface area contributed by atoms with Crippen LogP contribution in [-0.2, 0) is 19.1 Å². The second kappa shape index (κ2) is 11.3. The Bertz CT molecular complexity index is 1150. The summed E-state index contributed by atoms with van der Waals surface area (Å²) in [4.78, 5) is 35.7. The summed E-state index contributed by atoms with van der Waals surface area (Å²) in [5, 5.41) is 14.4. The van der Waals surface area contributed by atoms with Crippen LogP contribution >= 0.6 is 0 Å². The number of fused-ring (bicyclic) bond motifs is 3. The van der Waals surface area contributed by atoms with Crippen molar-refractivity contribution in [2.24, 2.45) is 0 Å². The van der Waals surface area contributed by atoms with E-state index >= 15 is 0 Å². The van der Waals surface area contributed by atoms with Gasteiger partial charge in [-0.25, -0.2) is 9.59 Å². The van der Waals surface area contributed by atoms with Crippen molar-refractivity contribution in [1.82, 2.24) is 10.6 Å². The standard InChI is InChI=1S/C27H26N2O6/c30-24(29-25(26(31)32)18-8-2-1-3-9-18)17-34-15-14-28-27(33)35-16-23-21-12-6-4-10-19(21)20-11-5-7-13-22(20)23/h1-13,23,25H,14-17H2,(H,28,33)(H,29,30)(H,31,32)/t25-/m0/s1. The van der Waals surface area contributed by atoms with Crippen molar-refractivity contribution in [1.29, 1.82) is 0 Å². The molecule has 0 aromatic heterocycles. The topological polar surface area (TPSA) is 114 Å². The quantitative estimate of drug-likeness (QED) is 0.388. The van der Waals surface area contributed by atoms with Gasteiger partial charge in [-0.15, -0.1) is 0 Å². The van der Waals surface area contributed by atoms with E-state index in [-0.39, 0.29) is 32.3 Å². The number of carbonyl (C=O) groups is 3. The Labute approximate surface area is 202 Å². The van der Waals surface area contributed by atoms with Crippen molar-refractivity contribution in [2.75, 3.05) is 26.4 Å². The molecular formula is C27H26N2O6. The first-order chi connectivity index (χ1) is 17.0. The third-order valence-electron chi connectivity index (χ3n) is 5.78. The number of nitrogens with one attached hydrogen (secondary N) is 2. The summed E-state index contributed by atoms with van der Waals surface area (Å²) in [6.07, 6.45) is -0.574. The highest BCUT2D eigenvalue weighted by atomic mass is 16.5. The van der Waals surface area contributed by atoms with Crippen LogP contribution in [0.15, 0.2) is 78.9 Å². The van der Waals surface area contributed by atoms with Crippen LogP contribution in [0.4, 0.5) is 4.79 Å². The van der Waals surface area contributed by atoms with E-state index in [0.29, 0.717) is 5.56 Å². The molecule has 1 atom stereocenters. The van der Waals surface area contributed by atoms with Crippen molar-refractivity contribution in [3.8, 4) is 11.1 Å². The van der Waals surface area contributed by atoms with Crippen molar-refractivity contribution in [3.05, 3.63) is 95.6 Å². The van der Waals surface area contributed by atoms with Gasteiger partial charge in [-0.2, -0.15) is 0 Å². The number of hydrogen-bond acceptors (Lipinski definition) is 5. The molecule has 0 aliphatic heterocycles. The number of aliphatic carboxylic acids is 1. The average Bonchev–Trinajstić information content (AvgIpc) is 3.20. The molecule has 4 rings (SSSR count). The van der Waals surface area contributed by atoms with E-state index in [1.165, 1.54) is 0 Å². The first-order valence-electron chi connectivity index (χ1n) is 11.3. The molecule has 2 amide bonds. The number of benzene rings is 3. The van der Waals surface area contributed by atoms with Gasteiger partial charge in [-0.3, -0.25) is 4.79 Å². The Morgan fingerprint density at radius 3 is 2.09 bits per heavy atom. The third kappa shape index (κ3) is 5.85. The maximum atomic E-state index is 12.2. The molecule has 1 aliphatic carbocycles. The number of rotatable bonds is 10. The highest BCUT2D eigenvalue weighted by Crippen LogP contribution is 2.44.